The number of rotatable bonds is 2. The molecule has 25 heavy (non-hydrogen) atoms. The number of imidazole rings is 1. The maximum absolute atomic E-state index is 13.2. The number of hydrogen-bond acceptors (Lipinski definition) is 3. The molecule has 0 unspecified atom stereocenters. The van der Waals surface area contributed by atoms with E-state index in [9.17, 15) is 4.79 Å². The Kier molecular flexibility index (Phi) is 3.81. The van der Waals surface area contributed by atoms with Crippen LogP contribution in [0.5, 0.6) is 0 Å². The minimum Gasteiger partial charge on any atom is -0.369 e. The number of carbonyl (C=O) groups is 1. The summed E-state index contributed by atoms with van der Waals surface area (Å²) in [7, 11) is 0. The number of carbonyl (C=O) groups excluding carboxylic acids is 1. The van der Waals surface area contributed by atoms with Crippen LogP contribution in [0, 0.1) is 0 Å². The number of benzene rings is 1. The van der Waals surface area contributed by atoms with Gasteiger partial charge in [-0.1, -0.05) is 36.4 Å². The number of nitrogens with zero attached hydrogens (tertiary/aromatic N) is 3. The summed E-state index contributed by atoms with van der Waals surface area (Å²) >= 11 is 0. The molecule has 1 saturated heterocycles. The van der Waals surface area contributed by atoms with Gasteiger partial charge in [-0.05, 0) is 31.5 Å². The van der Waals surface area contributed by atoms with Crippen LogP contribution >= 0.6 is 0 Å². The number of pyridine rings is 1. The van der Waals surface area contributed by atoms with Crippen molar-refractivity contribution in [1.29, 1.82) is 0 Å². The van der Waals surface area contributed by atoms with Crippen molar-refractivity contribution in [3.8, 4) is 0 Å². The van der Waals surface area contributed by atoms with Crippen LogP contribution < -0.4 is 0 Å². The van der Waals surface area contributed by atoms with Crippen LogP contribution in [0.2, 0.25) is 0 Å². The average molecular weight is 335 g/mol. The molecule has 3 heterocycles. The number of fused-ring (bicyclic) bond motifs is 1. The summed E-state index contributed by atoms with van der Waals surface area (Å²) < 4.78 is 7.91. The first-order valence-electron chi connectivity index (χ1n) is 8.47. The van der Waals surface area contributed by atoms with Crippen LogP contribution in [0.4, 0.5) is 0 Å². The zero-order valence-electron chi connectivity index (χ0n) is 14.4. The number of hydrogen-bond donors (Lipinski definition) is 0. The van der Waals surface area contributed by atoms with Gasteiger partial charge in [-0.3, -0.25) is 4.79 Å². The highest BCUT2D eigenvalue weighted by Gasteiger charge is 2.39. The average Bonchev–Trinajstić information content (AvgIpc) is 3.06. The highest BCUT2D eigenvalue weighted by Crippen LogP contribution is 2.31. The second kappa shape index (κ2) is 6.01. The Morgan fingerprint density at radius 2 is 1.92 bits per heavy atom. The number of amides is 1. The number of aromatic nitrogens is 2. The van der Waals surface area contributed by atoms with Crippen molar-refractivity contribution < 1.29 is 9.53 Å². The van der Waals surface area contributed by atoms with Crippen LogP contribution in [-0.2, 0) is 4.74 Å². The van der Waals surface area contributed by atoms with Crippen molar-refractivity contribution in [1.82, 2.24) is 14.3 Å². The number of morpholine rings is 1. The third-order valence-corrected chi connectivity index (χ3v) is 4.72. The standard InChI is InChI=1S/C20H21N3O2/c1-20(2)14-25-17(15-8-4-3-5-9-15)13-23(20)19(24)16-12-22-11-7-6-10-18(22)21-16/h3-12,17H,13-14H2,1-2H3/t17-/m1/s1. The van der Waals surface area contributed by atoms with Gasteiger partial charge >= 0.3 is 0 Å². The van der Waals surface area contributed by atoms with E-state index in [-0.39, 0.29) is 17.6 Å². The normalized spacial score (nSPS) is 19.9. The third-order valence-electron chi connectivity index (χ3n) is 4.72. The summed E-state index contributed by atoms with van der Waals surface area (Å²) in [4.78, 5) is 19.5. The minimum absolute atomic E-state index is 0.0575. The smallest absolute Gasteiger partial charge is 0.274 e. The molecule has 1 fully saturated rings. The van der Waals surface area contributed by atoms with Gasteiger partial charge < -0.3 is 14.0 Å². The van der Waals surface area contributed by atoms with E-state index in [2.05, 4.69) is 4.98 Å². The van der Waals surface area contributed by atoms with Gasteiger partial charge in [-0.2, -0.15) is 0 Å². The van der Waals surface area contributed by atoms with Gasteiger partial charge in [0, 0.05) is 12.4 Å². The van der Waals surface area contributed by atoms with Gasteiger partial charge in [0.05, 0.1) is 18.7 Å². The Balaban J connectivity index is 1.64. The van der Waals surface area contributed by atoms with Crippen molar-refractivity contribution in [2.75, 3.05) is 13.2 Å². The number of ether oxygens (including phenoxy) is 1. The van der Waals surface area contributed by atoms with E-state index >= 15 is 0 Å². The quantitative estimate of drug-likeness (QED) is 0.722. The first kappa shape index (κ1) is 15.8. The van der Waals surface area contributed by atoms with Gasteiger partial charge in [0.25, 0.3) is 5.91 Å². The second-order valence-corrected chi connectivity index (χ2v) is 7.03. The monoisotopic (exact) mass is 335 g/mol. The molecule has 0 N–H and O–H groups in total. The summed E-state index contributed by atoms with van der Waals surface area (Å²) in [6.07, 6.45) is 3.58. The van der Waals surface area contributed by atoms with E-state index in [4.69, 9.17) is 4.74 Å². The molecule has 5 nitrogen and oxygen atoms in total. The Labute approximate surface area is 146 Å². The maximum Gasteiger partial charge on any atom is 0.274 e. The van der Waals surface area contributed by atoms with Crippen LogP contribution in [0.1, 0.15) is 36.0 Å². The largest absolute Gasteiger partial charge is 0.369 e. The van der Waals surface area contributed by atoms with Crippen LogP contribution in [-0.4, -0.2) is 38.9 Å². The Hall–Kier alpha value is -2.66. The molecular formula is C20H21N3O2. The molecule has 0 bridgehead atoms. The van der Waals surface area contributed by atoms with E-state index in [0.29, 0.717) is 18.8 Å². The molecule has 0 saturated carbocycles. The SMILES string of the molecule is CC1(C)CO[C@@H](c2ccccc2)CN1C(=O)c1cn2ccccc2n1. The lowest BCUT2D eigenvalue weighted by Gasteiger charge is -2.45. The van der Waals surface area contributed by atoms with Crippen LogP contribution in [0.15, 0.2) is 60.9 Å². The van der Waals surface area contributed by atoms with Crippen molar-refractivity contribution in [2.24, 2.45) is 0 Å². The Morgan fingerprint density at radius 3 is 2.68 bits per heavy atom. The lowest BCUT2D eigenvalue weighted by atomic mass is 9.97. The lowest BCUT2D eigenvalue weighted by Crippen LogP contribution is -2.56. The predicted molar refractivity (Wildman–Crippen MR) is 95.4 cm³/mol. The fraction of sp³-hybridized carbons (Fsp3) is 0.300. The molecule has 1 aliphatic rings. The zero-order valence-corrected chi connectivity index (χ0v) is 14.4. The highest BCUT2D eigenvalue weighted by molar-refractivity contribution is 5.93. The fourth-order valence-electron chi connectivity index (χ4n) is 3.25. The molecule has 1 amide bonds. The molecule has 0 spiro atoms. The maximum atomic E-state index is 13.2. The predicted octanol–water partition coefficient (Wildman–Crippen LogP) is 3.33. The Bertz CT molecular complexity index is 868. The fourth-order valence-corrected chi connectivity index (χ4v) is 3.25. The van der Waals surface area contributed by atoms with Crippen molar-refractivity contribution in [2.45, 2.75) is 25.5 Å². The van der Waals surface area contributed by atoms with Crippen molar-refractivity contribution in [3.63, 3.8) is 0 Å². The van der Waals surface area contributed by atoms with Gasteiger partial charge in [-0.25, -0.2) is 4.98 Å². The van der Waals surface area contributed by atoms with Crippen LogP contribution in [0.3, 0.4) is 0 Å². The molecular weight excluding hydrogens is 314 g/mol. The van der Waals surface area contributed by atoms with Crippen molar-refractivity contribution in [3.05, 3.63) is 72.2 Å². The molecule has 2 aromatic heterocycles. The molecule has 128 valence electrons. The lowest BCUT2D eigenvalue weighted by molar-refractivity contribution is -0.0848. The highest BCUT2D eigenvalue weighted by atomic mass is 16.5. The van der Waals surface area contributed by atoms with Crippen molar-refractivity contribution >= 4 is 11.6 Å². The van der Waals surface area contributed by atoms with Gasteiger partial charge in [0.1, 0.15) is 17.4 Å². The van der Waals surface area contributed by atoms with Gasteiger partial charge in [-0.15, -0.1) is 0 Å². The minimum atomic E-state index is -0.377. The summed E-state index contributed by atoms with van der Waals surface area (Å²) in [5, 5.41) is 0. The van der Waals surface area contributed by atoms with E-state index in [1.54, 1.807) is 6.20 Å². The van der Waals surface area contributed by atoms with E-state index < -0.39 is 0 Å². The molecule has 0 aliphatic carbocycles. The Morgan fingerprint density at radius 1 is 1.16 bits per heavy atom. The molecule has 1 aliphatic heterocycles. The van der Waals surface area contributed by atoms with Crippen LogP contribution in [0.25, 0.3) is 5.65 Å². The van der Waals surface area contributed by atoms with E-state index in [1.165, 1.54) is 0 Å². The summed E-state index contributed by atoms with van der Waals surface area (Å²) in [6.45, 7) is 5.07. The summed E-state index contributed by atoms with van der Waals surface area (Å²) in [5.74, 6) is -0.0575. The topological polar surface area (TPSA) is 46.8 Å². The molecule has 1 atom stereocenters. The summed E-state index contributed by atoms with van der Waals surface area (Å²) in [5.41, 5.74) is 1.95. The first-order valence-corrected chi connectivity index (χ1v) is 8.47. The molecule has 5 heteroatoms. The summed E-state index contributed by atoms with van der Waals surface area (Å²) in [6, 6.07) is 15.8. The van der Waals surface area contributed by atoms with Gasteiger partial charge in [0.2, 0.25) is 0 Å². The second-order valence-electron chi connectivity index (χ2n) is 7.03. The third kappa shape index (κ3) is 2.91. The molecule has 4 rings (SSSR count). The van der Waals surface area contributed by atoms with E-state index in [1.807, 2.05) is 77.9 Å². The molecule has 0 radical (unpaired) electrons. The first-order chi connectivity index (χ1) is 12.0. The van der Waals surface area contributed by atoms with E-state index in [0.717, 1.165) is 11.2 Å². The molecule has 1 aromatic carbocycles. The zero-order chi connectivity index (χ0) is 17.4. The van der Waals surface area contributed by atoms with Gasteiger partial charge in [0.15, 0.2) is 0 Å². The molecule has 3 aromatic rings.